The number of carbonyl (C=O) groups excluding carboxylic acids is 1. The van der Waals surface area contributed by atoms with Crippen LogP contribution >= 0.6 is 0 Å². The molecule has 0 saturated heterocycles. The Kier molecular flexibility index (Phi) is 3.88. The lowest BCUT2D eigenvalue weighted by molar-refractivity contribution is 0.0527. The van der Waals surface area contributed by atoms with Crippen molar-refractivity contribution < 1.29 is 19.6 Å². The van der Waals surface area contributed by atoms with Gasteiger partial charge in [0.25, 0.3) is 0 Å². The van der Waals surface area contributed by atoms with Crippen molar-refractivity contribution in [2.45, 2.75) is 6.92 Å². The Hall–Kier alpha value is -2.26. The molecule has 2 N–H and O–H groups in total. The summed E-state index contributed by atoms with van der Waals surface area (Å²) >= 11 is 0. The van der Waals surface area contributed by atoms with Gasteiger partial charge in [-0.3, -0.25) is 0 Å². The third kappa shape index (κ3) is 2.61. The molecule has 19 heavy (non-hydrogen) atoms. The molecule has 0 aliphatic carbocycles. The zero-order valence-electron chi connectivity index (χ0n) is 10.1. The summed E-state index contributed by atoms with van der Waals surface area (Å²) in [6.07, 6.45) is 4.13. The standard InChI is InChI=1S/C10H11BN4O4/c1-2-19-9(16)7-6-14-15(8(7)11(17)18)10-12-4-3-5-13-10/h3-6,17-18H,2H2,1H3. The van der Waals surface area contributed by atoms with Crippen molar-refractivity contribution in [1.29, 1.82) is 0 Å². The van der Waals surface area contributed by atoms with Gasteiger partial charge in [0.2, 0.25) is 5.95 Å². The molecular formula is C10H11BN4O4. The molecule has 8 nitrogen and oxygen atoms in total. The van der Waals surface area contributed by atoms with Crippen LogP contribution in [-0.4, -0.2) is 49.5 Å². The van der Waals surface area contributed by atoms with Gasteiger partial charge in [0.1, 0.15) is 0 Å². The van der Waals surface area contributed by atoms with Crippen LogP contribution in [0.5, 0.6) is 0 Å². The predicted molar refractivity (Wildman–Crippen MR) is 64.9 cm³/mol. The monoisotopic (exact) mass is 262 g/mol. The minimum absolute atomic E-state index is 0.0377. The van der Waals surface area contributed by atoms with E-state index in [2.05, 4.69) is 15.1 Å². The normalized spacial score (nSPS) is 10.3. The van der Waals surface area contributed by atoms with Gasteiger partial charge in [0.15, 0.2) is 0 Å². The third-order valence-corrected chi connectivity index (χ3v) is 2.29. The molecule has 0 amide bonds. The second-order valence-electron chi connectivity index (χ2n) is 3.50. The molecule has 0 aromatic carbocycles. The van der Waals surface area contributed by atoms with E-state index >= 15 is 0 Å². The summed E-state index contributed by atoms with van der Waals surface area (Å²) in [6.45, 7) is 1.82. The van der Waals surface area contributed by atoms with Gasteiger partial charge in [-0.15, -0.1) is 0 Å². The van der Waals surface area contributed by atoms with Crippen molar-refractivity contribution in [1.82, 2.24) is 19.7 Å². The van der Waals surface area contributed by atoms with Crippen LogP contribution in [0.2, 0.25) is 0 Å². The van der Waals surface area contributed by atoms with Gasteiger partial charge in [-0.05, 0) is 13.0 Å². The van der Waals surface area contributed by atoms with Crippen molar-refractivity contribution >= 4 is 18.7 Å². The van der Waals surface area contributed by atoms with Gasteiger partial charge in [0.05, 0.1) is 24.0 Å². The quantitative estimate of drug-likeness (QED) is 0.510. The molecule has 2 heterocycles. The summed E-state index contributed by atoms with van der Waals surface area (Å²) < 4.78 is 5.89. The lowest BCUT2D eigenvalue weighted by atomic mass is 9.83. The van der Waals surface area contributed by atoms with Gasteiger partial charge >= 0.3 is 13.1 Å². The Morgan fingerprint density at radius 3 is 2.68 bits per heavy atom. The van der Waals surface area contributed by atoms with Crippen LogP contribution in [-0.2, 0) is 4.74 Å². The number of ether oxygens (including phenoxy) is 1. The van der Waals surface area contributed by atoms with E-state index in [1.54, 1.807) is 13.0 Å². The number of esters is 1. The van der Waals surface area contributed by atoms with Crippen LogP contribution in [0.1, 0.15) is 17.3 Å². The van der Waals surface area contributed by atoms with E-state index in [9.17, 15) is 14.8 Å². The van der Waals surface area contributed by atoms with Gasteiger partial charge in [-0.25, -0.2) is 19.4 Å². The SMILES string of the molecule is CCOC(=O)c1cnn(-c2ncccn2)c1B(O)O. The van der Waals surface area contributed by atoms with Crippen LogP contribution in [0.25, 0.3) is 5.95 Å². The van der Waals surface area contributed by atoms with Crippen LogP contribution in [0.4, 0.5) is 0 Å². The van der Waals surface area contributed by atoms with E-state index in [4.69, 9.17) is 4.74 Å². The molecule has 0 saturated carbocycles. The fourth-order valence-electron chi connectivity index (χ4n) is 1.53. The first kappa shape index (κ1) is 13.2. The molecule has 9 heteroatoms. The minimum atomic E-state index is -1.90. The highest BCUT2D eigenvalue weighted by molar-refractivity contribution is 6.59. The highest BCUT2D eigenvalue weighted by atomic mass is 16.5. The second-order valence-corrected chi connectivity index (χ2v) is 3.50. The first-order chi connectivity index (χ1) is 9.15. The van der Waals surface area contributed by atoms with E-state index in [1.807, 2.05) is 0 Å². The molecule has 98 valence electrons. The molecule has 2 rings (SSSR count). The van der Waals surface area contributed by atoms with Crippen LogP contribution in [0.3, 0.4) is 0 Å². The number of nitrogens with zero attached hydrogens (tertiary/aromatic N) is 4. The van der Waals surface area contributed by atoms with E-state index in [0.717, 1.165) is 4.68 Å². The zero-order valence-corrected chi connectivity index (χ0v) is 10.1. The molecule has 2 aromatic rings. The molecular weight excluding hydrogens is 251 g/mol. The Morgan fingerprint density at radius 2 is 2.11 bits per heavy atom. The summed E-state index contributed by atoms with van der Waals surface area (Å²) in [5.74, 6) is -0.561. The zero-order chi connectivity index (χ0) is 13.8. The van der Waals surface area contributed by atoms with Gasteiger partial charge in [-0.2, -0.15) is 5.10 Å². The van der Waals surface area contributed by atoms with Crippen molar-refractivity contribution in [3.63, 3.8) is 0 Å². The lowest BCUT2D eigenvalue weighted by Crippen LogP contribution is -2.40. The van der Waals surface area contributed by atoms with Gasteiger partial charge in [0, 0.05) is 12.4 Å². The van der Waals surface area contributed by atoms with Crippen molar-refractivity contribution in [3.05, 3.63) is 30.2 Å². The lowest BCUT2D eigenvalue weighted by Gasteiger charge is -2.06. The van der Waals surface area contributed by atoms with Crippen LogP contribution < -0.4 is 5.59 Å². The topological polar surface area (TPSA) is 110 Å². The third-order valence-electron chi connectivity index (χ3n) is 2.29. The first-order valence-corrected chi connectivity index (χ1v) is 5.53. The highest BCUT2D eigenvalue weighted by Gasteiger charge is 2.28. The maximum atomic E-state index is 11.7. The number of carbonyl (C=O) groups is 1. The molecule has 0 atom stereocenters. The maximum absolute atomic E-state index is 11.7. The van der Waals surface area contributed by atoms with Crippen LogP contribution in [0.15, 0.2) is 24.7 Å². The molecule has 0 unspecified atom stereocenters. The van der Waals surface area contributed by atoms with E-state index in [-0.39, 0.29) is 23.7 Å². The summed E-state index contributed by atoms with van der Waals surface area (Å²) in [4.78, 5) is 19.5. The van der Waals surface area contributed by atoms with Crippen molar-refractivity contribution in [2.75, 3.05) is 6.61 Å². The number of rotatable bonds is 4. The molecule has 2 aromatic heterocycles. The Labute approximate surface area is 108 Å². The molecule has 0 bridgehead atoms. The predicted octanol–water partition coefficient (Wildman–Crippen LogP) is -1.48. The Morgan fingerprint density at radius 1 is 1.42 bits per heavy atom. The maximum Gasteiger partial charge on any atom is 0.509 e. The number of hydrogen-bond donors (Lipinski definition) is 2. The average Bonchev–Trinajstić information content (AvgIpc) is 2.85. The van der Waals surface area contributed by atoms with Crippen LogP contribution in [0, 0.1) is 0 Å². The Balaban J connectivity index is 2.49. The summed E-state index contributed by atoms with van der Waals surface area (Å²) in [6, 6.07) is 1.61. The van der Waals surface area contributed by atoms with Gasteiger partial charge < -0.3 is 14.8 Å². The molecule has 0 radical (unpaired) electrons. The summed E-state index contributed by atoms with van der Waals surface area (Å²) in [5, 5.41) is 22.6. The molecule has 0 spiro atoms. The van der Waals surface area contributed by atoms with Crippen molar-refractivity contribution in [3.8, 4) is 5.95 Å². The molecule has 0 fully saturated rings. The van der Waals surface area contributed by atoms with E-state index in [0.29, 0.717) is 0 Å². The summed E-state index contributed by atoms with van der Waals surface area (Å²) in [7, 11) is -1.90. The molecule has 0 aliphatic heterocycles. The average molecular weight is 262 g/mol. The molecule has 0 aliphatic rings. The fraction of sp³-hybridized carbons (Fsp3) is 0.200. The van der Waals surface area contributed by atoms with Crippen molar-refractivity contribution in [2.24, 2.45) is 0 Å². The first-order valence-electron chi connectivity index (χ1n) is 5.53. The largest absolute Gasteiger partial charge is 0.509 e. The number of hydrogen-bond acceptors (Lipinski definition) is 7. The fourth-order valence-corrected chi connectivity index (χ4v) is 1.53. The highest BCUT2D eigenvalue weighted by Crippen LogP contribution is 2.03. The van der Waals surface area contributed by atoms with Gasteiger partial charge in [-0.1, -0.05) is 0 Å². The van der Waals surface area contributed by atoms with E-state index < -0.39 is 13.1 Å². The number of aromatic nitrogens is 4. The van der Waals surface area contributed by atoms with E-state index in [1.165, 1.54) is 18.6 Å². The second kappa shape index (κ2) is 5.59. The Bertz CT molecular complexity index is 572. The summed E-state index contributed by atoms with van der Waals surface area (Å²) in [5.41, 5.74) is -0.172. The smallest absolute Gasteiger partial charge is 0.462 e. The minimum Gasteiger partial charge on any atom is -0.462 e.